The summed E-state index contributed by atoms with van der Waals surface area (Å²) in [5.41, 5.74) is 0.519. The summed E-state index contributed by atoms with van der Waals surface area (Å²) < 4.78 is 0. The molecule has 116 valence electrons. The van der Waals surface area contributed by atoms with Gasteiger partial charge in [0.2, 0.25) is 0 Å². The van der Waals surface area contributed by atoms with Gasteiger partial charge in [-0.3, -0.25) is 0 Å². The molecule has 0 aliphatic carbocycles. The van der Waals surface area contributed by atoms with Crippen LogP contribution in [-0.2, 0) is 0 Å². The smallest absolute Gasteiger partial charge is 0.322 e. The summed E-state index contributed by atoms with van der Waals surface area (Å²) in [4.78, 5) is 17.8. The van der Waals surface area contributed by atoms with Gasteiger partial charge in [-0.2, -0.15) is 0 Å². The molecule has 1 aliphatic rings. The van der Waals surface area contributed by atoms with Crippen LogP contribution in [0.1, 0.15) is 27.2 Å². The zero-order chi connectivity index (χ0) is 15.6. The molecular weight excluding hydrogens is 290 g/mol. The molecule has 1 saturated heterocycles. The fraction of sp³-hybridized carbons (Fsp3) is 0.600. The number of rotatable bonds is 1. The number of likely N-dealkylation sites (tertiary alicyclic amines) is 1. The van der Waals surface area contributed by atoms with Crippen molar-refractivity contribution in [1.82, 2.24) is 9.88 Å². The van der Waals surface area contributed by atoms with Crippen LogP contribution in [0.15, 0.2) is 18.3 Å². The number of hydrogen-bond acceptors (Lipinski definition) is 3. The highest BCUT2D eigenvalue weighted by Crippen LogP contribution is 2.34. The van der Waals surface area contributed by atoms with Crippen molar-refractivity contribution < 1.29 is 9.90 Å². The third kappa shape index (κ3) is 3.86. The van der Waals surface area contributed by atoms with E-state index in [2.05, 4.69) is 31.1 Å². The molecule has 1 aliphatic heterocycles. The van der Waals surface area contributed by atoms with Crippen LogP contribution >= 0.6 is 11.6 Å². The summed E-state index contributed by atoms with van der Waals surface area (Å²) in [5, 5.41) is 13.3. The minimum Gasteiger partial charge on any atom is -0.391 e. The molecule has 0 aromatic carbocycles. The first-order chi connectivity index (χ1) is 9.79. The van der Waals surface area contributed by atoms with Gasteiger partial charge < -0.3 is 15.3 Å². The zero-order valence-electron chi connectivity index (χ0n) is 12.6. The first-order valence-corrected chi connectivity index (χ1v) is 7.51. The van der Waals surface area contributed by atoms with Crippen LogP contribution in [0.25, 0.3) is 0 Å². The highest BCUT2D eigenvalue weighted by atomic mass is 35.5. The largest absolute Gasteiger partial charge is 0.391 e. The first-order valence-electron chi connectivity index (χ1n) is 7.13. The lowest BCUT2D eigenvalue weighted by Crippen LogP contribution is -2.51. The number of nitrogens with zero attached hydrogens (tertiary/aromatic N) is 2. The van der Waals surface area contributed by atoms with Gasteiger partial charge in [0.15, 0.2) is 5.15 Å². The van der Waals surface area contributed by atoms with Crippen LogP contribution in [-0.4, -0.2) is 40.2 Å². The Morgan fingerprint density at radius 1 is 1.52 bits per heavy atom. The summed E-state index contributed by atoms with van der Waals surface area (Å²) in [7, 11) is 0. The molecule has 0 spiro atoms. The maximum Gasteiger partial charge on any atom is 0.322 e. The van der Waals surface area contributed by atoms with Gasteiger partial charge in [-0.1, -0.05) is 32.4 Å². The third-order valence-electron chi connectivity index (χ3n) is 3.98. The Morgan fingerprint density at radius 2 is 2.24 bits per heavy atom. The molecule has 1 aromatic rings. The van der Waals surface area contributed by atoms with Gasteiger partial charge in [-0.15, -0.1) is 0 Å². The summed E-state index contributed by atoms with van der Waals surface area (Å²) in [5.74, 6) is 0.198. The van der Waals surface area contributed by atoms with Crippen LogP contribution < -0.4 is 5.32 Å². The number of aliphatic hydroxyl groups is 1. The summed E-state index contributed by atoms with van der Waals surface area (Å²) in [6, 6.07) is 3.16. The predicted molar refractivity (Wildman–Crippen MR) is 83.4 cm³/mol. The van der Waals surface area contributed by atoms with E-state index in [1.165, 1.54) is 0 Å². The molecular formula is C15H22ClN3O2. The molecule has 0 radical (unpaired) electrons. The van der Waals surface area contributed by atoms with Gasteiger partial charge in [0.25, 0.3) is 0 Å². The molecule has 2 atom stereocenters. The molecule has 2 amide bonds. The maximum absolute atomic E-state index is 12.2. The quantitative estimate of drug-likeness (QED) is 0.784. The van der Waals surface area contributed by atoms with E-state index >= 15 is 0 Å². The predicted octanol–water partition coefficient (Wildman–Crippen LogP) is 3.00. The number of anilines is 1. The number of piperidine rings is 1. The van der Waals surface area contributed by atoms with Crippen molar-refractivity contribution in [2.24, 2.45) is 11.3 Å². The van der Waals surface area contributed by atoms with Gasteiger partial charge in [-0.25, -0.2) is 9.78 Å². The van der Waals surface area contributed by atoms with Crippen molar-refractivity contribution >= 4 is 23.3 Å². The average molecular weight is 312 g/mol. The minimum atomic E-state index is -0.506. The number of pyridine rings is 1. The lowest BCUT2D eigenvalue weighted by molar-refractivity contribution is -0.0107. The van der Waals surface area contributed by atoms with E-state index in [0.29, 0.717) is 18.8 Å². The normalized spacial score (nSPS) is 23.0. The Morgan fingerprint density at radius 3 is 2.81 bits per heavy atom. The zero-order valence-corrected chi connectivity index (χ0v) is 13.4. The highest BCUT2D eigenvalue weighted by Gasteiger charge is 2.37. The SMILES string of the molecule is CC(C)(C)[C@@H]1CCN(C(=O)Nc2cccnc2Cl)C[C@@H]1O. The van der Waals surface area contributed by atoms with E-state index < -0.39 is 6.10 Å². The summed E-state index contributed by atoms with van der Waals surface area (Å²) in [6.07, 6.45) is 1.85. The highest BCUT2D eigenvalue weighted by molar-refractivity contribution is 6.32. The molecule has 0 unspecified atom stereocenters. The van der Waals surface area contributed by atoms with Gasteiger partial charge in [-0.05, 0) is 29.9 Å². The number of carbonyl (C=O) groups excluding carboxylic acids is 1. The van der Waals surface area contributed by atoms with Gasteiger partial charge in [0, 0.05) is 19.3 Å². The molecule has 2 rings (SSSR count). The van der Waals surface area contributed by atoms with E-state index in [1.807, 2.05) is 0 Å². The molecule has 21 heavy (non-hydrogen) atoms. The Kier molecular flexibility index (Phi) is 4.74. The lowest BCUT2D eigenvalue weighted by atomic mass is 9.74. The second kappa shape index (κ2) is 6.20. The second-order valence-corrected chi connectivity index (χ2v) is 6.90. The van der Waals surface area contributed by atoms with Crippen molar-refractivity contribution in [3.63, 3.8) is 0 Å². The maximum atomic E-state index is 12.2. The van der Waals surface area contributed by atoms with Crippen molar-refractivity contribution in [3.8, 4) is 0 Å². The Labute approximate surface area is 130 Å². The standard InChI is InChI=1S/C15H22ClN3O2/c1-15(2,3)10-6-8-19(9-12(10)20)14(21)18-11-5-4-7-17-13(11)16/h4-5,7,10,12,20H,6,8-9H2,1-3H3,(H,18,21)/t10-,12+/m1/s1. The number of carbonyl (C=O) groups is 1. The summed E-state index contributed by atoms with van der Waals surface area (Å²) in [6.45, 7) is 7.32. The second-order valence-electron chi connectivity index (χ2n) is 6.55. The molecule has 0 saturated carbocycles. The molecule has 2 N–H and O–H groups in total. The molecule has 2 heterocycles. The molecule has 6 heteroatoms. The number of aliphatic hydroxyl groups excluding tert-OH is 1. The number of nitrogens with one attached hydrogen (secondary N) is 1. The molecule has 1 aromatic heterocycles. The van der Waals surface area contributed by atoms with Crippen molar-refractivity contribution in [2.75, 3.05) is 18.4 Å². The monoisotopic (exact) mass is 311 g/mol. The Hall–Kier alpha value is -1.33. The number of halogens is 1. The molecule has 1 fully saturated rings. The van der Waals surface area contributed by atoms with Gasteiger partial charge in [0.1, 0.15) is 0 Å². The summed E-state index contributed by atoms with van der Waals surface area (Å²) >= 11 is 5.93. The van der Waals surface area contributed by atoms with Crippen LogP contribution in [0.2, 0.25) is 5.15 Å². The topological polar surface area (TPSA) is 65.5 Å². The van der Waals surface area contributed by atoms with Crippen LogP contribution in [0.3, 0.4) is 0 Å². The number of β-amino-alcohol motifs (C(OH)–C–C–N with tert-alkyl or cyclic N) is 1. The fourth-order valence-corrected chi connectivity index (χ4v) is 2.97. The number of aromatic nitrogens is 1. The van der Waals surface area contributed by atoms with E-state index in [4.69, 9.17) is 11.6 Å². The van der Waals surface area contributed by atoms with Crippen molar-refractivity contribution in [1.29, 1.82) is 0 Å². The Balaban J connectivity index is 1.98. The van der Waals surface area contributed by atoms with E-state index in [-0.39, 0.29) is 22.5 Å². The van der Waals surface area contributed by atoms with E-state index in [9.17, 15) is 9.90 Å². The van der Waals surface area contributed by atoms with Crippen LogP contribution in [0, 0.1) is 11.3 Å². The van der Waals surface area contributed by atoms with Crippen LogP contribution in [0.4, 0.5) is 10.5 Å². The van der Waals surface area contributed by atoms with Gasteiger partial charge >= 0.3 is 6.03 Å². The van der Waals surface area contributed by atoms with Crippen molar-refractivity contribution in [2.45, 2.75) is 33.3 Å². The fourth-order valence-electron chi connectivity index (χ4n) is 2.80. The van der Waals surface area contributed by atoms with E-state index in [0.717, 1.165) is 6.42 Å². The third-order valence-corrected chi connectivity index (χ3v) is 4.28. The number of amides is 2. The van der Waals surface area contributed by atoms with Gasteiger partial charge in [0.05, 0.1) is 11.8 Å². The minimum absolute atomic E-state index is 0.0364. The Bertz CT molecular complexity index is 516. The molecule has 0 bridgehead atoms. The number of urea groups is 1. The number of hydrogen-bond donors (Lipinski definition) is 2. The van der Waals surface area contributed by atoms with E-state index in [1.54, 1.807) is 23.2 Å². The first kappa shape index (κ1) is 16.0. The average Bonchev–Trinajstić information content (AvgIpc) is 2.39. The lowest BCUT2D eigenvalue weighted by Gasteiger charge is -2.42. The van der Waals surface area contributed by atoms with Crippen molar-refractivity contribution in [3.05, 3.63) is 23.5 Å². The van der Waals surface area contributed by atoms with Crippen LogP contribution in [0.5, 0.6) is 0 Å². The molecule has 5 nitrogen and oxygen atoms in total.